The topological polar surface area (TPSA) is 56.7 Å². The fraction of sp³-hybridized carbons (Fsp3) is 0.111. The number of hydrogen-bond donors (Lipinski definition) is 1. The molecule has 1 aromatic heterocycles. The van der Waals surface area contributed by atoms with Crippen LogP contribution in [0.15, 0.2) is 30.5 Å². The molecule has 4 nitrogen and oxygen atoms in total. The van der Waals surface area contributed by atoms with Gasteiger partial charge in [-0.05, 0) is 46.9 Å². The van der Waals surface area contributed by atoms with Gasteiger partial charge in [0, 0.05) is 10.1 Å². The maximum Gasteiger partial charge on any atom is 0.0781 e. The Morgan fingerprint density at radius 1 is 1.29 bits per heavy atom. The number of rotatable bonds is 2. The van der Waals surface area contributed by atoms with Crippen LogP contribution in [0.4, 0.5) is 0 Å². The molecule has 5 heteroatoms. The van der Waals surface area contributed by atoms with Crippen molar-refractivity contribution in [3.63, 3.8) is 0 Å². The van der Waals surface area contributed by atoms with Crippen molar-refractivity contribution in [2.75, 3.05) is 0 Å². The van der Waals surface area contributed by atoms with E-state index in [9.17, 15) is 0 Å². The van der Waals surface area contributed by atoms with Gasteiger partial charge in [0.25, 0.3) is 0 Å². The smallest absolute Gasteiger partial charge is 0.0781 e. The van der Waals surface area contributed by atoms with Crippen molar-refractivity contribution in [2.24, 2.45) is 5.73 Å². The second kappa shape index (κ2) is 4.05. The van der Waals surface area contributed by atoms with E-state index in [1.807, 2.05) is 24.3 Å². The van der Waals surface area contributed by atoms with E-state index in [4.69, 9.17) is 5.73 Å². The van der Waals surface area contributed by atoms with E-state index in [1.165, 1.54) is 3.57 Å². The number of aromatic nitrogens is 3. The monoisotopic (exact) mass is 300 g/mol. The van der Waals surface area contributed by atoms with Gasteiger partial charge in [-0.3, -0.25) is 0 Å². The van der Waals surface area contributed by atoms with Gasteiger partial charge in [0.15, 0.2) is 0 Å². The summed E-state index contributed by atoms with van der Waals surface area (Å²) in [5.41, 5.74) is 7.46. The summed E-state index contributed by atoms with van der Waals surface area (Å²) < 4.78 is 2.94. The van der Waals surface area contributed by atoms with E-state index in [0.29, 0.717) is 6.54 Å². The molecule has 0 unspecified atom stereocenters. The Morgan fingerprint density at radius 2 is 2.00 bits per heavy atom. The highest BCUT2D eigenvalue weighted by molar-refractivity contribution is 14.1. The average molecular weight is 300 g/mol. The van der Waals surface area contributed by atoms with E-state index >= 15 is 0 Å². The number of halogens is 1. The minimum atomic E-state index is 0.443. The van der Waals surface area contributed by atoms with Gasteiger partial charge < -0.3 is 5.73 Å². The largest absolute Gasteiger partial charge is 0.325 e. The second-order valence-electron chi connectivity index (χ2n) is 2.82. The molecule has 1 heterocycles. The fourth-order valence-electron chi connectivity index (χ4n) is 1.20. The molecule has 2 aromatic rings. The molecule has 2 rings (SSSR count). The van der Waals surface area contributed by atoms with Crippen molar-refractivity contribution in [3.05, 3.63) is 39.7 Å². The van der Waals surface area contributed by atoms with Crippen molar-refractivity contribution in [1.29, 1.82) is 0 Å². The molecule has 72 valence electrons. The van der Waals surface area contributed by atoms with Crippen LogP contribution in [0.1, 0.15) is 5.69 Å². The number of benzene rings is 1. The van der Waals surface area contributed by atoms with E-state index in [0.717, 1.165) is 11.4 Å². The predicted octanol–water partition coefficient (Wildman–Crippen LogP) is 1.33. The van der Waals surface area contributed by atoms with Crippen LogP contribution in [0.2, 0.25) is 0 Å². The van der Waals surface area contributed by atoms with Gasteiger partial charge in [0.05, 0.1) is 17.6 Å². The summed E-state index contributed by atoms with van der Waals surface area (Å²) >= 11 is 2.26. The Balaban J connectivity index is 2.44. The van der Waals surface area contributed by atoms with Crippen molar-refractivity contribution < 1.29 is 0 Å². The molecule has 0 aliphatic heterocycles. The summed E-state index contributed by atoms with van der Waals surface area (Å²) in [7, 11) is 0. The molecule has 0 saturated heterocycles. The predicted molar refractivity (Wildman–Crippen MR) is 62.0 cm³/mol. The summed E-state index contributed by atoms with van der Waals surface area (Å²) in [5, 5.41) is 7.79. The lowest BCUT2D eigenvalue weighted by Gasteiger charge is -2.03. The molecule has 0 aliphatic rings. The molecule has 0 aliphatic carbocycles. The van der Waals surface area contributed by atoms with Gasteiger partial charge in [-0.1, -0.05) is 5.21 Å². The van der Waals surface area contributed by atoms with Crippen molar-refractivity contribution in [1.82, 2.24) is 15.0 Å². The Kier molecular flexibility index (Phi) is 2.78. The molecule has 0 saturated carbocycles. The number of nitrogens with two attached hydrogens (primary N) is 1. The van der Waals surface area contributed by atoms with Crippen LogP contribution in [0.3, 0.4) is 0 Å². The van der Waals surface area contributed by atoms with Crippen molar-refractivity contribution in [3.8, 4) is 5.69 Å². The second-order valence-corrected chi connectivity index (χ2v) is 4.06. The molecular weight excluding hydrogens is 291 g/mol. The van der Waals surface area contributed by atoms with E-state index < -0.39 is 0 Å². The third-order valence-electron chi connectivity index (χ3n) is 1.90. The minimum absolute atomic E-state index is 0.443. The fourth-order valence-corrected chi connectivity index (χ4v) is 1.55. The van der Waals surface area contributed by atoms with Gasteiger partial charge in [-0.15, -0.1) is 5.10 Å². The Morgan fingerprint density at radius 3 is 2.64 bits per heavy atom. The first-order valence-electron chi connectivity index (χ1n) is 4.17. The zero-order chi connectivity index (χ0) is 9.97. The molecular formula is C9H9IN4. The molecule has 1 aromatic carbocycles. The Hall–Kier alpha value is -0.950. The van der Waals surface area contributed by atoms with Gasteiger partial charge in [0.1, 0.15) is 0 Å². The maximum absolute atomic E-state index is 5.56. The molecule has 2 N–H and O–H groups in total. The number of nitrogens with zero attached hydrogens (tertiary/aromatic N) is 3. The summed E-state index contributed by atoms with van der Waals surface area (Å²) in [5.74, 6) is 0. The van der Waals surface area contributed by atoms with Crippen molar-refractivity contribution in [2.45, 2.75) is 6.54 Å². The average Bonchev–Trinajstić information content (AvgIpc) is 2.67. The molecule has 0 spiro atoms. The van der Waals surface area contributed by atoms with Gasteiger partial charge in [0.2, 0.25) is 0 Å². The summed E-state index contributed by atoms with van der Waals surface area (Å²) in [6.45, 7) is 0.443. The summed E-state index contributed by atoms with van der Waals surface area (Å²) in [6, 6.07) is 8.04. The van der Waals surface area contributed by atoms with Crippen LogP contribution < -0.4 is 5.73 Å². The Bertz CT molecular complexity index is 421. The van der Waals surface area contributed by atoms with Crippen LogP contribution in [-0.2, 0) is 6.54 Å². The first-order valence-corrected chi connectivity index (χ1v) is 5.24. The van der Waals surface area contributed by atoms with Crippen LogP contribution >= 0.6 is 22.6 Å². The van der Waals surface area contributed by atoms with E-state index in [1.54, 1.807) is 10.9 Å². The SMILES string of the molecule is NCc1cnnn1-c1ccc(I)cc1. The van der Waals surface area contributed by atoms with Crippen LogP contribution in [0, 0.1) is 3.57 Å². The number of hydrogen-bond acceptors (Lipinski definition) is 3. The van der Waals surface area contributed by atoms with E-state index in [-0.39, 0.29) is 0 Å². The van der Waals surface area contributed by atoms with Crippen molar-refractivity contribution >= 4 is 22.6 Å². The van der Waals surface area contributed by atoms with Crippen LogP contribution in [-0.4, -0.2) is 15.0 Å². The Labute approximate surface area is 95.3 Å². The van der Waals surface area contributed by atoms with E-state index in [2.05, 4.69) is 32.9 Å². The highest BCUT2D eigenvalue weighted by Gasteiger charge is 2.03. The molecule has 0 radical (unpaired) electrons. The highest BCUT2D eigenvalue weighted by Crippen LogP contribution is 2.11. The van der Waals surface area contributed by atoms with Crippen LogP contribution in [0.5, 0.6) is 0 Å². The lowest BCUT2D eigenvalue weighted by Crippen LogP contribution is -2.06. The molecule has 0 fully saturated rings. The third-order valence-corrected chi connectivity index (χ3v) is 2.62. The van der Waals surface area contributed by atoms with Gasteiger partial charge in [-0.2, -0.15) is 0 Å². The molecule has 0 atom stereocenters. The molecule has 0 amide bonds. The summed E-state index contributed by atoms with van der Waals surface area (Å²) in [6.07, 6.45) is 1.68. The van der Waals surface area contributed by atoms with Gasteiger partial charge >= 0.3 is 0 Å². The zero-order valence-electron chi connectivity index (χ0n) is 7.39. The van der Waals surface area contributed by atoms with Gasteiger partial charge in [-0.25, -0.2) is 4.68 Å². The summed E-state index contributed by atoms with van der Waals surface area (Å²) in [4.78, 5) is 0. The first-order chi connectivity index (χ1) is 6.81. The molecule has 0 bridgehead atoms. The first kappa shape index (κ1) is 9.60. The maximum atomic E-state index is 5.56. The standard InChI is InChI=1S/C9H9IN4/c10-7-1-3-8(4-2-7)14-9(5-11)6-12-13-14/h1-4,6H,5,11H2. The quantitative estimate of drug-likeness (QED) is 0.851. The lowest BCUT2D eigenvalue weighted by molar-refractivity contribution is 0.761. The normalized spacial score (nSPS) is 10.4. The lowest BCUT2D eigenvalue weighted by atomic mass is 10.3. The highest BCUT2D eigenvalue weighted by atomic mass is 127. The third kappa shape index (κ3) is 1.78. The zero-order valence-corrected chi connectivity index (χ0v) is 9.55. The minimum Gasteiger partial charge on any atom is -0.325 e. The molecule has 14 heavy (non-hydrogen) atoms. The van der Waals surface area contributed by atoms with Crippen LogP contribution in [0.25, 0.3) is 5.69 Å².